The third kappa shape index (κ3) is 7.68. The molecule has 1 atom stereocenters. The molecule has 1 amide bonds. The number of aromatic nitrogens is 1. The Balaban J connectivity index is 1.40. The van der Waals surface area contributed by atoms with Crippen LogP contribution in [0.1, 0.15) is 83.8 Å². The van der Waals surface area contributed by atoms with Crippen LogP contribution in [0.25, 0.3) is 11.3 Å². The van der Waals surface area contributed by atoms with Crippen molar-refractivity contribution >= 4 is 27.6 Å². The molecule has 220 valence electrons. The SMILES string of the molecule is CC(C)(C)c1ccc(C(Cc2ccc(C(=O)NCCS(=O)(=O)O)cc2)c2cc(-c3cc(Cl)cc(C4CC4)c3)on2)cc1. The minimum atomic E-state index is -4.14. The van der Waals surface area contributed by atoms with E-state index in [1.54, 1.807) is 12.1 Å². The van der Waals surface area contributed by atoms with Crippen molar-refractivity contribution in [1.29, 1.82) is 0 Å². The minimum absolute atomic E-state index is 0.0265. The van der Waals surface area contributed by atoms with Crippen molar-refractivity contribution in [3.05, 3.63) is 111 Å². The second kappa shape index (κ2) is 12.0. The highest BCUT2D eigenvalue weighted by atomic mass is 35.5. The maximum atomic E-state index is 12.4. The molecule has 1 fully saturated rings. The van der Waals surface area contributed by atoms with Crippen LogP contribution in [0.2, 0.25) is 5.02 Å². The van der Waals surface area contributed by atoms with E-state index in [4.69, 9.17) is 20.7 Å². The van der Waals surface area contributed by atoms with Crippen molar-refractivity contribution in [2.24, 2.45) is 0 Å². The first-order valence-electron chi connectivity index (χ1n) is 14.1. The van der Waals surface area contributed by atoms with Crippen molar-refractivity contribution in [2.75, 3.05) is 12.3 Å². The number of benzene rings is 3. The Bertz CT molecular complexity index is 1670. The molecule has 7 nitrogen and oxygen atoms in total. The van der Waals surface area contributed by atoms with Gasteiger partial charge in [-0.25, -0.2) is 0 Å². The van der Waals surface area contributed by atoms with Gasteiger partial charge in [-0.2, -0.15) is 8.42 Å². The zero-order valence-corrected chi connectivity index (χ0v) is 25.5. The van der Waals surface area contributed by atoms with Crippen LogP contribution in [0.3, 0.4) is 0 Å². The smallest absolute Gasteiger partial charge is 0.266 e. The van der Waals surface area contributed by atoms with E-state index in [2.05, 4.69) is 61.6 Å². The number of halogens is 1. The fraction of sp³-hybridized carbons (Fsp3) is 0.333. The predicted octanol–water partition coefficient (Wildman–Crippen LogP) is 7.16. The number of rotatable bonds is 10. The average Bonchev–Trinajstić information content (AvgIpc) is 3.67. The monoisotopic (exact) mass is 606 g/mol. The Kier molecular flexibility index (Phi) is 8.60. The Morgan fingerprint density at radius 3 is 2.36 bits per heavy atom. The number of nitrogens with zero attached hydrogens (tertiary/aromatic N) is 1. The third-order valence-corrected chi connectivity index (χ3v) is 8.56. The highest BCUT2D eigenvalue weighted by Gasteiger charge is 2.26. The van der Waals surface area contributed by atoms with Crippen molar-refractivity contribution in [3.63, 3.8) is 0 Å². The summed E-state index contributed by atoms with van der Waals surface area (Å²) in [6.07, 6.45) is 2.98. The molecule has 42 heavy (non-hydrogen) atoms. The molecule has 3 aromatic carbocycles. The van der Waals surface area contributed by atoms with Gasteiger partial charge < -0.3 is 9.84 Å². The summed E-state index contributed by atoms with van der Waals surface area (Å²) in [5.74, 6) is 0.179. The number of carbonyl (C=O) groups excluding carboxylic acids is 1. The molecule has 1 saturated carbocycles. The van der Waals surface area contributed by atoms with Gasteiger partial charge in [-0.1, -0.05) is 73.9 Å². The molecule has 0 bridgehead atoms. The summed E-state index contributed by atoms with van der Waals surface area (Å²) in [5, 5.41) is 7.70. The van der Waals surface area contributed by atoms with E-state index in [-0.39, 0.29) is 17.9 Å². The Labute approximate surface area is 252 Å². The van der Waals surface area contributed by atoms with E-state index in [1.807, 2.05) is 30.3 Å². The lowest BCUT2D eigenvalue weighted by molar-refractivity contribution is 0.0956. The van der Waals surface area contributed by atoms with Gasteiger partial charge in [0.05, 0.1) is 11.4 Å². The average molecular weight is 607 g/mol. The molecule has 0 aliphatic heterocycles. The molecule has 1 aliphatic rings. The Morgan fingerprint density at radius 1 is 1.05 bits per heavy atom. The summed E-state index contributed by atoms with van der Waals surface area (Å²) in [4.78, 5) is 12.4. The zero-order valence-electron chi connectivity index (χ0n) is 23.9. The van der Waals surface area contributed by atoms with Crippen LogP contribution in [0, 0.1) is 0 Å². The number of carbonyl (C=O) groups is 1. The molecule has 4 aromatic rings. The van der Waals surface area contributed by atoms with Gasteiger partial charge in [0.15, 0.2) is 5.76 Å². The second-order valence-electron chi connectivity index (χ2n) is 12.0. The summed E-state index contributed by atoms with van der Waals surface area (Å²) in [5.41, 5.74) is 6.70. The van der Waals surface area contributed by atoms with Gasteiger partial charge in [-0.15, -0.1) is 0 Å². The lowest BCUT2D eigenvalue weighted by Gasteiger charge is -2.21. The fourth-order valence-electron chi connectivity index (χ4n) is 5.03. The minimum Gasteiger partial charge on any atom is -0.356 e. The first kappa shape index (κ1) is 30.0. The molecule has 2 N–H and O–H groups in total. The molecule has 1 aromatic heterocycles. The topological polar surface area (TPSA) is 110 Å². The van der Waals surface area contributed by atoms with Gasteiger partial charge in [0.2, 0.25) is 0 Å². The predicted molar refractivity (Wildman–Crippen MR) is 165 cm³/mol. The van der Waals surface area contributed by atoms with Crippen LogP contribution in [0.4, 0.5) is 0 Å². The summed E-state index contributed by atoms with van der Waals surface area (Å²) in [6, 6.07) is 23.8. The number of hydrogen-bond acceptors (Lipinski definition) is 5. The number of hydrogen-bond donors (Lipinski definition) is 2. The Hall–Kier alpha value is -3.46. The van der Waals surface area contributed by atoms with Crippen molar-refractivity contribution in [1.82, 2.24) is 10.5 Å². The summed E-state index contributed by atoms with van der Waals surface area (Å²) >= 11 is 6.45. The van der Waals surface area contributed by atoms with Crippen molar-refractivity contribution in [2.45, 2.75) is 57.3 Å². The highest BCUT2D eigenvalue weighted by Crippen LogP contribution is 2.42. The zero-order chi connectivity index (χ0) is 30.1. The van der Waals surface area contributed by atoms with Gasteiger partial charge >= 0.3 is 0 Å². The lowest BCUT2D eigenvalue weighted by atomic mass is 9.83. The largest absolute Gasteiger partial charge is 0.356 e. The molecule has 1 heterocycles. The highest BCUT2D eigenvalue weighted by molar-refractivity contribution is 7.85. The third-order valence-electron chi connectivity index (χ3n) is 7.62. The summed E-state index contributed by atoms with van der Waals surface area (Å²) in [6.45, 7) is 6.38. The number of nitrogens with one attached hydrogen (secondary N) is 1. The normalized spacial score (nSPS) is 14.5. The molecule has 0 radical (unpaired) electrons. The van der Waals surface area contributed by atoms with Crippen molar-refractivity contribution in [3.8, 4) is 11.3 Å². The molecule has 0 saturated heterocycles. The first-order valence-corrected chi connectivity index (χ1v) is 16.0. The molecule has 0 spiro atoms. The second-order valence-corrected chi connectivity index (χ2v) is 14.0. The lowest BCUT2D eigenvalue weighted by Crippen LogP contribution is -2.28. The maximum Gasteiger partial charge on any atom is 0.266 e. The van der Waals surface area contributed by atoms with Gasteiger partial charge in [-0.05, 0) is 83.2 Å². The van der Waals surface area contributed by atoms with Crippen LogP contribution in [0.5, 0.6) is 0 Å². The van der Waals surface area contributed by atoms with E-state index in [1.165, 1.54) is 24.0 Å². The molecule has 9 heteroatoms. The van der Waals surface area contributed by atoms with Crippen LogP contribution in [0.15, 0.2) is 77.3 Å². The fourth-order valence-corrected chi connectivity index (χ4v) is 5.63. The molecule has 1 unspecified atom stereocenters. The molecular formula is C33H35ClN2O5S. The molecule has 1 aliphatic carbocycles. The van der Waals surface area contributed by atoms with Crippen LogP contribution < -0.4 is 5.32 Å². The molecular weight excluding hydrogens is 572 g/mol. The molecule has 5 rings (SSSR count). The van der Waals surface area contributed by atoms with E-state index < -0.39 is 21.8 Å². The Morgan fingerprint density at radius 2 is 1.74 bits per heavy atom. The van der Waals surface area contributed by atoms with E-state index >= 15 is 0 Å². The van der Waals surface area contributed by atoms with E-state index in [0.717, 1.165) is 22.4 Å². The quantitative estimate of drug-likeness (QED) is 0.185. The van der Waals surface area contributed by atoms with Crippen LogP contribution in [-0.4, -0.2) is 36.3 Å². The van der Waals surface area contributed by atoms with Gasteiger partial charge in [0.25, 0.3) is 16.0 Å². The maximum absolute atomic E-state index is 12.4. The number of amides is 1. The standard InChI is InChI=1S/C33H35ClN2O5S/c1-33(2,3)27-12-10-23(11-13-27)29(16-21-4-6-24(7-5-21)32(37)35-14-15-42(38,39)40)30-20-31(41-36-30)26-17-25(22-8-9-22)18-28(34)19-26/h4-7,10-13,17-20,22,29H,8-9,14-16H2,1-3H3,(H,35,37)(H,38,39,40). The summed E-state index contributed by atoms with van der Waals surface area (Å²) < 4.78 is 36.6. The van der Waals surface area contributed by atoms with Gasteiger partial charge in [0.1, 0.15) is 0 Å². The van der Waals surface area contributed by atoms with Crippen LogP contribution >= 0.6 is 11.6 Å². The first-order chi connectivity index (χ1) is 19.9. The van der Waals surface area contributed by atoms with E-state index in [0.29, 0.717) is 28.7 Å². The van der Waals surface area contributed by atoms with Crippen molar-refractivity contribution < 1.29 is 22.3 Å². The summed E-state index contributed by atoms with van der Waals surface area (Å²) in [7, 11) is -4.14. The van der Waals surface area contributed by atoms with Gasteiger partial charge in [0, 0.05) is 34.7 Å². The van der Waals surface area contributed by atoms with Gasteiger partial charge in [-0.3, -0.25) is 9.35 Å². The van der Waals surface area contributed by atoms with Crippen LogP contribution in [-0.2, 0) is 22.0 Å². The van der Waals surface area contributed by atoms with E-state index in [9.17, 15) is 13.2 Å².